The van der Waals surface area contributed by atoms with Crippen LogP contribution < -0.4 is 5.32 Å². The van der Waals surface area contributed by atoms with Gasteiger partial charge in [0, 0.05) is 13.2 Å². The lowest BCUT2D eigenvalue weighted by Crippen LogP contribution is -2.21. The van der Waals surface area contributed by atoms with E-state index >= 15 is 0 Å². The molecule has 0 spiro atoms. The molecule has 1 atom stereocenters. The zero-order chi connectivity index (χ0) is 17.4. The molecule has 3 aromatic rings. The molecule has 0 bridgehead atoms. The van der Waals surface area contributed by atoms with Crippen molar-refractivity contribution in [2.45, 2.75) is 39.2 Å². The Labute approximate surface area is 147 Å². The SMILES string of the molecule is CCc1c(C)c(C#N)c2nc3ccccc3n2c1NC[C@H]1CCCO1. The summed E-state index contributed by atoms with van der Waals surface area (Å²) in [7, 11) is 0. The zero-order valence-electron chi connectivity index (χ0n) is 14.7. The highest BCUT2D eigenvalue weighted by Gasteiger charge is 2.21. The van der Waals surface area contributed by atoms with E-state index in [0.29, 0.717) is 5.56 Å². The molecule has 0 amide bonds. The average Bonchev–Trinajstić information content (AvgIpc) is 3.27. The van der Waals surface area contributed by atoms with Gasteiger partial charge in [-0.2, -0.15) is 5.26 Å². The second-order valence-electron chi connectivity index (χ2n) is 6.57. The van der Waals surface area contributed by atoms with Crippen LogP contribution in [0.4, 0.5) is 5.82 Å². The number of fused-ring (bicyclic) bond motifs is 3. The summed E-state index contributed by atoms with van der Waals surface area (Å²) in [5.41, 5.74) is 5.52. The first kappa shape index (κ1) is 15.9. The van der Waals surface area contributed by atoms with Gasteiger partial charge in [0.2, 0.25) is 0 Å². The fraction of sp³-hybridized carbons (Fsp3) is 0.400. The Morgan fingerprint density at radius 3 is 2.96 bits per heavy atom. The minimum atomic E-state index is 0.255. The number of imidazole rings is 1. The van der Waals surface area contributed by atoms with Gasteiger partial charge in [-0.25, -0.2) is 4.98 Å². The van der Waals surface area contributed by atoms with Gasteiger partial charge in [-0.15, -0.1) is 0 Å². The third-order valence-corrected chi connectivity index (χ3v) is 5.11. The molecule has 1 aliphatic rings. The van der Waals surface area contributed by atoms with Crippen molar-refractivity contribution in [3.63, 3.8) is 0 Å². The maximum absolute atomic E-state index is 9.71. The van der Waals surface area contributed by atoms with Crippen LogP contribution >= 0.6 is 0 Å². The van der Waals surface area contributed by atoms with Gasteiger partial charge in [0.25, 0.3) is 0 Å². The van der Waals surface area contributed by atoms with E-state index in [0.717, 1.165) is 60.5 Å². The summed E-state index contributed by atoms with van der Waals surface area (Å²) < 4.78 is 7.87. The lowest BCUT2D eigenvalue weighted by atomic mass is 10.0. The molecule has 0 unspecified atom stereocenters. The van der Waals surface area contributed by atoms with Crippen molar-refractivity contribution in [2.75, 3.05) is 18.5 Å². The van der Waals surface area contributed by atoms with Gasteiger partial charge in [0.05, 0.1) is 22.7 Å². The summed E-state index contributed by atoms with van der Waals surface area (Å²) in [5.74, 6) is 1.04. The number of pyridine rings is 1. The van der Waals surface area contributed by atoms with Gasteiger partial charge in [0.15, 0.2) is 5.65 Å². The number of para-hydroxylation sites is 2. The Bertz CT molecular complexity index is 977. The number of rotatable bonds is 4. The van der Waals surface area contributed by atoms with Crippen molar-refractivity contribution in [3.8, 4) is 6.07 Å². The molecular formula is C20H22N4O. The topological polar surface area (TPSA) is 62.4 Å². The molecule has 1 aromatic carbocycles. The molecule has 2 aromatic heterocycles. The molecule has 5 heteroatoms. The Hall–Kier alpha value is -2.58. The van der Waals surface area contributed by atoms with E-state index in [9.17, 15) is 5.26 Å². The largest absolute Gasteiger partial charge is 0.376 e. The van der Waals surface area contributed by atoms with Gasteiger partial charge in [-0.05, 0) is 49.4 Å². The van der Waals surface area contributed by atoms with E-state index in [1.54, 1.807) is 0 Å². The number of hydrogen-bond donors (Lipinski definition) is 1. The number of hydrogen-bond acceptors (Lipinski definition) is 4. The third-order valence-electron chi connectivity index (χ3n) is 5.11. The smallest absolute Gasteiger partial charge is 0.157 e. The van der Waals surface area contributed by atoms with Gasteiger partial charge >= 0.3 is 0 Å². The Morgan fingerprint density at radius 2 is 2.24 bits per heavy atom. The lowest BCUT2D eigenvalue weighted by molar-refractivity contribution is 0.120. The van der Waals surface area contributed by atoms with Gasteiger partial charge in [-0.3, -0.25) is 4.40 Å². The molecule has 1 saturated heterocycles. The van der Waals surface area contributed by atoms with Crippen LogP contribution in [0.1, 0.15) is 36.5 Å². The number of nitrogens with zero attached hydrogens (tertiary/aromatic N) is 3. The molecule has 0 saturated carbocycles. The van der Waals surface area contributed by atoms with E-state index in [-0.39, 0.29) is 6.10 Å². The van der Waals surface area contributed by atoms with Crippen molar-refractivity contribution in [3.05, 3.63) is 41.0 Å². The van der Waals surface area contributed by atoms with E-state index < -0.39 is 0 Å². The molecule has 25 heavy (non-hydrogen) atoms. The van der Waals surface area contributed by atoms with Crippen molar-refractivity contribution < 1.29 is 4.74 Å². The standard InChI is InChI=1S/C20H22N4O/c1-3-15-13(2)16(11-21)20-23-17-8-4-5-9-18(17)24(20)19(15)22-12-14-7-6-10-25-14/h4-5,8-9,14,22H,3,6-7,10,12H2,1-2H3/t14-/m1/s1. The van der Waals surface area contributed by atoms with Crippen LogP contribution in [0.15, 0.2) is 24.3 Å². The molecule has 1 fully saturated rings. The lowest BCUT2D eigenvalue weighted by Gasteiger charge is -2.19. The highest BCUT2D eigenvalue weighted by molar-refractivity contribution is 5.86. The van der Waals surface area contributed by atoms with Gasteiger partial charge in [-0.1, -0.05) is 19.1 Å². The monoisotopic (exact) mass is 334 g/mol. The summed E-state index contributed by atoms with van der Waals surface area (Å²) in [6.07, 6.45) is 3.34. The molecule has 1 N–H and O–H groups in total. The van der Waals surface area contributed by atoms with E-state index in [2.05, 4.69) is 28.8 Å². The maximum atomic E-state index is 9.71. The first-order valence-electron chi connectivity index (χ1n) is 8.92. The molecule has 3 heterocycles. The number of ether oxygens (including phenoxy) is 1. The average molecular weight is 334 g/mol. The van der Waals surface area contributed by atoms with Crippen LogP contribution in [0, 0.1) is 18.3 Å². The van der Waals surface area contributed by atoms with E-state index in [4.69, 9.17) is 9.72 Å². The van der Waals surface area contributed by atoms with Crippen LogP contribution in [0.25, 0.3) is 16.7 Å². The minimum Gasteiger partial charge on any atom is -0.376 e. The molecule has 0 radical (unpaired) electrons. The Morgan fingerprint density at radius 1 is 1.40 bits per heavy atom. The van der Waals surface area contributed by atoms with Gasteiger partial charge < -0.3 is 10.1 Å². The number of nitriles is 1. The van der Waals surface area contributed by atoms with Crippen molar-refractivity contribution >= 4 is 22.5 Å². The fourth-order valence-corrected chi connectivity index (χ4v) is 3.82. The number of aromatic nitrogens is 2. The highest BCUT2D eigenvalue weighted by atomic mass is 16.5. The van der Waals surface area contributed by atoms with E-state index in [1.165, 1.54) is 5.56 Å². The zero-order valence-corrected chi connectivity index (χ0v) is 14.7. The van der Waals surface area contributed by atoms with E-state index in [1.807, 2.05) is 25.1 Å². The first-order chi connectivity index (χ1) is 12.2. The number of anilines is 1. The summed E-state index contributed by atoms with van der Waals surface area (Å²) in [5, 5.41) is 13.3. The highest BCUT2D eigenvalue weighted by Crippen LogP contribution is 2.31. The second-order valence-corrected chi connectivity index (χ2v) is 6.57. The third kappa shape index (κ3) is 2.54. The van der Waals surface area contributed by atoms with Crippen LogP contribution in [-0.4, -0.2) is 28.6 Å². The second kappa shape index (κ2) is 6.38. The number of benzene rings is 1. The Balaban J connectivity index is 1.95. The van der Waals surface area contributed by atoms with Crippen LogP contribution in [0.2, 0.25) is 0 Å². The van der Waals surface area contributed by atoms with Crippen molar-refractivity contribution in [2.24, 2.45) is 0 Å². The molecule has 1 aliphatic heterocycles. The molecule has 0 aliphatic carbocycles. The summed E-state index contributed by atoms with van der Waals surface area (Å²) >= 11 is 0. The fourth-order valence-electron chi connectivity index (χ4n) is 3.82. The van der Waals surface area contributed by atoms with Crippen LogP contribution in [-0.2, 0) is 11.2 Å². The van der Waals surface area contributed by atoms with Crippen LogP contribution in [0.3, 0.4) is 0 Å². The molecule has 5 nitrogen and oxygen atoms in total. The normalized spacial score (nSPS) is 17.2. The van der Waals surface area contributed by atoms with Crippen molar-refractivity contribution in [1.82, 2.24) is 9.38 Å². The quantitative estimate of drug-likeness (QED) is 0.788. The maximum Gasteiger partial charge on any atom is 0.157 e. The predicted octanol–water partition coefficient (Wildman–Crippen LogP) is 3.82. The molecule has 4 rings (SSSR count). The number of nitrogens with one attached hydrogen (secondary N) is 1. The first-order valence-corrected chi connectivity index (χ1v) is 8.92. The summed E-state index contributed by atoms with van der Waals surface area (Å²) in [6.45, 7) is 5.78. The summed E-state index contributed by atoms with van der Waals surface area (Å²) in [4.78, 5) is 4.73. The van der Waals surface area contributed by atoms with Crippen molar-refractivity contribution in [1.29, 1.82) is 5.26 Å². The molecular weight excluding hydrogens is 312 g/mol. The van der Waals surface area contributed by atoms with Gasteiger partial charge in [0.1, 0.15) is 11.9 Å². The molecule has 128 valence electrons. The van der Waals surface area contributed by atoms with Crippen LogP contribution in [0.5, 0.6) is 0 Å². The minimum absolute atomic E-state index is 0.255. The predicted molar refractivity (Wildman–Crippen MR) is 99.0 cm³/mol. The summed E-state index contributed by atoms with van der Waals surface area (Å²) in [6, 6.07) is 10.4. The Kier molecular flexibility index (Phi) is 4.06.